The Labute approximate surface area is 123 Å². The van der Waals surface area contributed by atoms with Gasteiger partial charge in [0.2, 0.25) is 0 Å². The molecular weight excluding hydrogens is 268 g/mol. The number of rotatable bonds is 4. The van der Waals surface area contributed by atoms with Gasteiger partial charge in [-0.15, -0.1) is 11.8 Å². The molecule has 0 bridgehead atoms. The van der Waals surface area contributed by atoms with Crippen LogP contribution in [0.1, 0.15) is 18.5 Å². The normalized spacial score (nSPS) is 11.7. The van der Waals surface area contributed by atoms with E-state index in [4.69, 9.17) is 0 Å². The Bertz CT molecular complexity index is 572. The van der Waals surface area contributed by atoms with Gasteiger partial charge in [-0.25, -0.2) is 4.79 Å². The minimum Gasteiger partial charge on any atom is -0.331 e. The lowest BCUT2D eigenvalue weighted by atomic mass is 10.1. The van der Waals surface area contributed by atoms with Crippen LogP contribution in [0, 0.1) is 0 Å². The van der Waals surface area contributed by atoms with Gasteiger partial charge in [0, 0.05) is 10.6 Å². The fourth-order valence-corrected chi connectivity index (χ4v) is 2.35. The molecule has 0 aromatic heterocycles. The predicted octanol–water partition coefficient (Wildman–Crippen LogP) is 4.29. The number of amides is 2. The van der Waals surface area contributed by atoms with E-state index in [1.165, 1.54) is 0 Å². The van der Waals surface area contributed by atoms with Crippen molar-refractivity contribution < 1.29 is 4.79 Å². The number of nitrogens with one attached hydrogen (secondary N) is 2. The van der Waals surface area contributed by atoms with Crippen LogP contribution in [0.25, 0.3) is 0 Å². The first kappa shape index (κ1) is 14.5. The van der Waals surface area contributed by atoms with E-state index in [9.17, 15) is 4.79 Å². The van der Waals surface area contributed by atoms with Crippen molar-refractivity contribution in [1.82, 2.24) is 5.32 Å². The number of hydrogen-bond donors (Lipinski definition) is 2. The summed E-state index contributed by atoms with van der Waals surface area (Å²) >= 11 is 1.65. The average Bonchev–Trinajstić information content (AvgIpc) is 2.48. The molecule has 0 saturated heterocycles. The van der Waals surface area contributed by atoms with Crippen LogP contribution in [0.3, 0.4) is 0 Å². The van der Waals surface area contributed by atoms with Gasteiger partial charge in [-0.05, 0) is 36.9 Å². The van der Waals surface area contributed by atoms with E-state index in [1.54, 1.807) is 11.8 Å². The van der Waals surface area contributed by atoms with Crippen LogP contribution < -0.4 is 10.6 Å². The fourth-order valence-electron chi connectivity index (χ4n) is 1.89. The third-order valence-corrected chi connectivity index (χ3v) is 3.70. The molecule has 0 heterocycles. The summed E-state index contributed by atoms with van der Waals surface area (Å²) in [7, 11) is 0. The number of hydrogen-bond acceptors (Lipinski definition) is 2. The number of urea groups is 1. The number of thioether (sulfide) groups is 1. The Hall–Kier alpha value is -1.94. The van der Waals surface area contributed by atoms with Gasteiger partial charge < -0.3 is 10.6 Å². The van der Waals surface area contributed by atoms with Crippen LogP contribution in [-0.4, -0.2) is 12.3 Å². The van der Waals surface area contributed by atoms with Gasteiger partial charge in [0.05, 0.1) is 6.04 Å². The summed E-state index contributed by atoms with van der Waals surface area (Å²) < 4.78 is 0. The number of carbonyl (C=O) groups excluding carboxylic acids is 1. The second-order valence-electron chi connectivity index (χ2n) is 4.46. The van der Waals surface area contributed by atoms with E-state index in [2.05, 4.69) is 10.6 Å². The molecule has 0 radical (unpaired) electrons. The van der Waals surface area contributed by atoms with E-state index < -0.39 is 0 Å². The molecule has 20 heavy (non-hydrogen) atoms. The first-order valence-electron chi connectivity index (χ1n) is 6.45. The SMILES string of the molecule is CSc1cccc(NC(=O)N[C@H](C)c2ccccc2)c1. The third kappa shape index (κ3) is 4.03. The fraction of sp³-hybridized carbons (Fsp3) is 0.188. The second kappa shape index (κ2) is 7.01. The summed E-state index contributed by atoms with van der Waals surface area (Å²) in [5.74, 6) is 0. The molecule has 0 aliphatic heterocycles. The van der Waals surface area contributed by atoms with Crippen LogP contribution in [0.4, 0.5) is 10.5 Å². The summed E-state index contributed by atoms with van der Waals surface area (Å²) in [4.78, 5) is 13.1. The van der Waals surface area contributed by atoms with E-state index in [-0.39, 0.29) is 12.1 Å². The minimum atomic E-state index is -0.195. The van der Waals surface area contributed by atoms with Crippen molar-refractivity contribution in [3.05, 3.63) is 60.2 Å². The van der Waals surface area contributed by atoms with Gasteiger partial charge in [0.25, 0.3) is 0 Å². The zero-order valence-electron chi connectivity index (χ0n) is 11.6. The molecular formula is C16H18N2OS. The van der Waals surface area contributed by atoms with E-state index in [0.29, 0.717) is 0 Å². The highest BCUT2D eigenvalue weighted by atomic mass is 32.2. The van der Waals surface area contributed by atoms with Crippen molar-refractivity contribution in [2.45, 2.75) is 17.9 Å². The molecule has 0 unspecified atom stereocenters. The molecule has 2 rings (SSSR count). The molecule has 2 N–H and O–H groups in total. The summed E-state index contributed by atoms with van der Waals surface area (Å²) in [6.45, 7) is 1.97. The maximum Gasteiger partial charge on any atom is 0.319 e. The summed E-state index contributed by atoms with van der Waals surface area (Å²) in [5, 5.41) is 5.78. The Kier molecular flexibility index (Phi) is 5.07. The number of benzene rings is 2. The summed E-state index contributed by atoms with van der Waals surface area (Å²) in [6.07, 6.45) is 2.01. The van der Waals surface area contributed by atoms with Crippen LogP contribution >= 0.6 is 11.8 Å². The molecule has 0 spiro atoms. The largest absolute Gasteiger partial charge is 0.331 e. The first-order chi connectivity index (χ1) is 9.69. The highest BCUT2D eigenvalue weighted by molar-refractivity contribution is 7.98. The van der Waals surface area contributed by atoms with Gasteiger partial charge in [-0.1, -0.05) is 36.4 Å². The Balaban J connectivity index is 1.95. The van der Waals surface area contributed by atoms with Gasteiger partial charge in [-0.3, -0.25) is 0 Å². The molecule has 0 fully saturated rings. The Morgan fingerprint density at radius 1 is 1.10 bits per heavy atom. The number of anilines is 1. The van der Waals surface area contributed by atoms with Crippen molar-refractivity contribution in [1.29, 1.82) is 0 Å². The van der Waals surface area contributed by atoms with Crippen molar-refractivity contribution in [2.75, 3.05) is 11.6 Å². The molecule has 0 aliphatic rings. The van der Waals surface area contributed by atoms with Crippen LogP contribution in [0.15, 0.2) is 59.5 Å². The third-order valence-electron chi connectivity index (χ3n) is 2.97. The topological polar surface area (TPSA) is 41.1 Å². The smallest absolute Gasteiger partial charge is 0.319 e. The average molecular weight is 286 g/mol. The first-order valence-corrected chi connectivity index (χ1v) is 7.68. The minimum absolute atomic E-state index is 0.0278. The maximum atomic E-state index is 12.0. The van der Waals surface area contributed by atoms with Crippen molar-refractivity contribution >= 4 is 23.5 Å². The highest BCUT2D eigenvalue weighted by Crippen LogP contribution is 2.19. The molecule has 104 valence electrons. The quantitative estimate of drug-likeness (QED) is 0.823. The molecule has 2 aromatic rings. The molecule has 2 aromatic carbocycles. The lowest BCUT2D eigenvalue weighted by Gasteiger charge is -2.15. The van der Waals surface area contributed by atoms with Gasteiger partial charge >= 0.3 is 6.03 Å². The maximum absolute atomic E-state index is 12.0. The van der Waals surface area contributed by atoms with Gasteiger partial charge in [-0.2, -0.15) is 0 Å². The molecule has 2 amide bonds. The van der Waals surface area contributed by atoms with E-state index in [1.807, 2.05) is 67.8 Å². The summed E-state index contributed by atoms with van der Waals surface area (Å²) in [5.41, 5.74) is 1.88. The molecule has 4 heteroatoms. The lowest BCUT2D eigenvalue weighted by Crippen LogP contribution is -2.31. The molecule has 0 saturated carbocycles. The van der Waals surface area contributed by atoms with Crippen molar-refractivity contribution in [3.63, 3.8) is 0 Å². The Morgan fingerprint density at radius 2 is 1.85 bits per heavy atom. The van der Waals surface area contributed by atoms with Crippen LogP contribution in [-0.2, 0) is 0 Å². The van der Waals surface area contributed by atoms with E-state index in [0.717, 1.165) is 16.1 Å². The predicted molar refractivity (Wildman–Crippen MR) is 85.2 cm³/mol. The van der Waals surface area contributed by atoms with Crippen LogP contribution in [0.5, 0.6) is 0 Å². The van der Waals surface area contributed by atoms with Gasteiger partial charge in [0.15, 0.2) is 0 Å². The van der Waals surface area contributed by atoms with Crippen molar-refractivity contribution in [3.8, 4) is 0 Å². The number of carbonyl (C=O) groups is 1. The zero-order chi connectivity index (χ0) is 14.4. The molecule has 1 atom stereocenters. The monoisotopic (exact) mass is 286 g/mol. The Morgan fingerprint density at radius 3 is 2.55 bits per heavy atom. The van der Waals surface area contributed by atoms with Gasteiger partial charge in [0.1, 0.15) is 0 Å². The van der Waals surface area contributed by atoms with Crippen molar-refractivity contribution in [2.24, 2.45) is 0 Å². The molecule has 3 nitrogen and oxygen atoms in total. The molecule has 0 aliphatic carbocycles. The van der Waals surface area contributed by atoms with Crippen LogP contribution in [0.2, 0.25) is 0 Å². The zero-order valence-corrected chi connectivity index (χ0v) is 12.4. The summed E-state index contributed by atoms with van der Waals surface area (Å²) in [6, 6.07) is 17.5. The lowest BCUT2D eigenvalue weighted by molar-refractivity contribution is 0.249. The second-order valence-corrected chi connectivity index (χ2v) is 5.34. The standard InChI is InChI=1S/C16H18N2OS/c1-12(13-7-4-3-5-8-13)17-16(19)18-14-9-6-10-15(11-14)20-2/h3-12H,1-2H3,(H2,17,18,19)/t12-/m1/s1. The van der Waals surface area contributed by atoms with E-state index >= 15 is 0 Å². The highest BCUT2D eigenvalue weighted by Gasteiger charge is 2.09.